The molecular weight excluding hydrogens is 384 g/mol. The van der Waals surface area contributed by atoms with Crippen LogP contribution in [0.1, 0.15) is 42.3 Å². The zero-order chi connectivity index (χ0) is 21.1. The SMILES string of the molecule is Cc1cc(/C=C/C(=O)OCC(=O)Nc2ccc3c(c2)OCCCO3)c(C)n1C1CC1. The number of amides is 1. The number of ether oxygens (including phenoxy) is 3. The van der Waals surface area contributed by atoms with Crippen LogP contribution in [0.3, 0.4) is 0 Å². The Morgan fingerprint density at radius 2 is 1.93 bits per heavy atom. The van der Waals surface area contributed by atoms with Gasteiger partial charge in [-0.05, 0) is 56.5 Å². The number of hydrogen-bond acceptors (Lipinski definition) is 5. The third-order valence-corrected chi connectivity index (χ3v) is 5.21. The summed E-state index contributed by atoms with van der Waals surface area (Å²) in [7, 11) is 0. The fourth-order valence-electron chi connectivity index (χ4n) is 3.65. The highest BCUT2D eigenvalue weighted by molar-refractivity contribution is 5.95. The van der Waals surface area contributed by atoms with E-state index in [1.165, 1.54) is 24.6 Å². The van der Waals surface area contributed by atoms with Gasteiger partial charge < -0.3 is 24.1 Å². The molecule has 1 aliphatic heterocycles. The monoisotopic (exact) mass is 410 g/mol. The van der Waals surface area contributed by atoms with Crippen LogP contribution in [-0.4, -0.2) is 36.3 Å². The molecule has 2 heterocycles. The number of nitrogens with zero attached hydrogens (tertiary/aromatic N) is 1. The molecule has 1 fully saturated rings. The molecule has 1 N–H and O–H groups in total. The summed E-state index contributed by atoms with van der Waals surface area (Å²) in [6.07, 6.45) is 6.33. The second kappa shape index (κ2) is 8.65. The lowest BCUT2D eigenvalue weighted by molar-refractivity contribution is -0.142. The van der Waals surface area contributed by atoms with E-state index in [1.807, 2.05) is 0 Å². The fraction of sp³-hybridized carbons (Fsp3) is 0.391. The molecule has 0 spiro atoms. The van der Waals surface area contributed by atoms with Crippen LogP contribution in [0.5, 0.6) is 11.5 Å². The molecule has 30 heavy (non-hydrogen) atoms. The van der Waals surface area contributed by atoms with E-state index in [2.05, 4.69) is 29.8 Å². The number of rotatable bonds is 6. The first-order valence-corrected chi connectivity index (χ1v) is 10.2. The summed E-state index contributed by atoms with van der Waals surface area (Å²) in [6.45, 7) is 4.94. The van der Waals surface area contributed by atoms with Gasteiger partial charge in [0, 0.05) is 41.7 Å². The van der Waals surface area contributed by atoms with Crippen molar-refractivity contribution >= 4 is 23.6 Å². The number of fused-ring (bicyclic) bond motifs is 1. The molecule has 1 amide bonds. The number of benzene rings is 1. The predicted molar refractivity (Wildman–Crippen MR) is 113 cm³/mol. The minimum atomic E-state index is -0.556. The first-order valence-electron chi connectivity index (χ1n) is 10.2. The zero-order valence-electron chi connectivity index (χ0n) is 17.3. The highest BCUT2D eigenvalue weighted by atomic mass is 16.5. The lowest BCUT2D eigenvalue weighted by atomic mass is 10.2. The molecule has 1 saturated carbocycles. The average Bonchev–Trinajstić information content (AvgIpc) is 3.53. The van der Waals surface area contributed by atoms with Crippen molar-refractivity contribution in [3.63, 3.8) is 0 Å². The minimum Gasteiger partial charge on any atom is -0.490 e. The predicted octanol–water partition coefficient (Wildman–Crippen LogP) is 3.80. The van der Waals surface area contributed by atoms with E-state index in [1.54, 1.807) is 24.3 Å². The molecule has 158 valence electrons. The summed E-state index contributed by atoms with van der Waals surface area (Å²) in [4.78, 5) is 24.1. The number of aromatic nitrogens is 1. The van der Waals surface area contributed by atoms with Crippen LogP contribution in [0.15, 0.2) is 30.3 Å². The number of aryl methyl sites for hydroxylation is 1. The van der Waals surface area contributed by atoms with Gasteiger partial charge in [-0.1, -0.05) is 0 Å². The van der Waals surface area contributed by atoms with Crippen molar-refractivity contribution in [1.82, 2.24) is 4.57 Å². The van der Waals surface area contributed by atoms with E-state index >= 15 is 0 Å². The van der Waals surface area contributed by atoms with Crippen LogP contribution in [0.25, 0.3) is 6.08 Å². The molecule has 0 radical (unpaired) electrons. The Morgan fingerprint density at radius 3 is 2.70 bits per heavy atom. The van der Waals surface area contributed by atoms with Crippen LogP contribution in [0, 0.1) is 13.8 Å². The Kier molecular flexibility index (Phi) is 5.79. The van der Waals surface area contributed by atoms with Crippen LogP contribution in [0.2, 0.25) is 0 Å². The Morgan fingerprint density at radius 1 is 1.17 bits per heavy atom. The van der Waals surface area contributed by atoms with Gasteiger partial charge in [0.25, 0.3) is 5.91 Å². The van der Waals surface area contributed by atoms with Crippen LogP contribution in [0.4, 0.5) is 5.69 Å². The number of anilines is 1. The van der Waals surface area contributed by atoms with E-state index in [0.717, 1.165) is 17.7 Å². The van der Waals surface area contributed by atoms with Crippen molar-refractivity contribution in [2.24, 2.45) is 0 Å². The largest absolute Gasteiger partial charge is 0.490 e. The van der Waals surface area contributed by atoms with Gasteiger partial charge in [0.05, 0.1) is 13.2 Å². The van der Waals surface area contributed by atoms with Crippen molar-refractivity contribution < 1.29 is 23.8 Å². The van der Waals surface area contributed by atoms with E-state index in [0.29, 0.717) is 36.4 Å². The van der Waals surface area contributed by atoms with Gasteiger partial charge in [-0.3, -0.25) is 4.79 Å². The van der Waals surface area contributed by atoms with Crippen molar-refractivity contribution in [1.29, 1.82) is 0 Å². The smallest absolute Gasteiger partial charge is 0.331 e. The first-order chi connectivity index (χ1) is 14.5. The molecule has 2 aromatic rings. The highest BCUT2D eigenvalue weighted by Gasteiger charge is 2.26. The first kappa shape index (κ1) is 20.1. The number of esters is 1. The lowest BCUT2D eigenvalue weighted by Crippen LogP contribution is -2.20. The maximum Gasteiger partial charge on any atom is 0.331 e. The Labute approximate surface area is 175 Å². The van der Waals surface area contributed by atoms with Crippen molar-refractivity contribution in [2.75, 3.05) is 25.1 Å². The quantitative estimate of drug-likeness (QED) is 0.579. The summed E-state index contributed by atoms with van der Waals surface area (Å²) in [5, 5.41) is 2.70. The van der Waals surface area contributed by atoms with E-state index in [-0.39, 0.29) is 6.61 Å². The molecular formula is C23H26N2O5. The Balaban J connectivity index is 1.29. The third kappa shape index (κ3) is 4.67. The lowest BCUT2D eigenvalue weighted by Gasteiger charge is -2.10. The van der Waals surface area contributed by atoms with E-state index < -0.39 is 11.9 Å². The topological polar surface area (TPSA) is 78.8 Å². The van der Waals surface area contributed by atoms with Gasteiger partial charge in [0.15, 0.2) is 18.1 Å². The molecule has 1 aromatic heterocycles. The molecule has 0 unspecified atom stereocenters. The standard InChI is InChI=1S/C23H26N2O5/c1-15-12-17(16(2)25(15)19-6-7-19)4-9-23(27)30-14-22(26)24-18-5-8-20-21(13-18)29-11-3-10-28-20/h4-5,8-9,12-13,19H,3,6-7,10-11,14H2,1-2H3,(H,24,26)/b9-4+. The second-order valence-corrected chi connectivity index (χ2v) is 7.63. The van der Waals surface area contributed by atoms with E-state index in [9.17, 15) is 9.59 Å². The summed E-state index contributed by atoms with van der Waals surface area (Å²) in [5.41, 5.74) is 3.89. The molecule has 0 bridgehead atoms. The van der Waals surface area contributed by atoms with Gasteiger partial charge in [-0.15, -0.1) is 0 Å². The van der Waals surface area contributed by atoms with Crippen molar-refractivity contribution in [3.8, 4) is 11.5 Å². The molecule has 0 saturated heterocycles. The zero-order valence-corrected chi connectivity index (χ0v) is 17.3. The van der Waals surface area contributed by atoms with Crippen LogP contribution < -0.4 is 14.8 Å². The maximum atomic E-state index is 12.1. The van der Waals surface area contributed by atoms with Gasteiger partial charge in [0.1, 0.15) is 0 Å². The fourth-order valence-corrected chi connectivity index (χ4v) is 3.65. The number of carbonyl (C=O) groups is 2. The summed E-state index contributed by atoms with van der Waals surface area (Å²) < 4.78 is 18.6. The average molecular weight is 410 g/mol. The summed E-state index contributed by atoms with van der Waals surface area (Å²) in [6, 6.07) is 7.84. The molecule has 4 rings (SSSR count). The Hall–Kier alpha value is -3.22. The number of carbonyl (C=O) groups excluding carboxylic acids is 2. The van der Waals surface area contributed by atoms with Gasteiger partial charge >= 0.3 is 5.97 Å². The van der Waals surface area contributed by atoms with Gasteiger partial charge in [-0.25, -0.2) is 4.79 Å². The highest BCUT2D eigenvalue weighted by Crippen LogP contribution is 2.38. The van der Waals surface area contributed by atoms with Crippen LogP contribution >= 0.6 is 0 Å². The summed E-state index contributed by atoms with van der Waals surface area (Å²) >= 11 is 0. The Bertz CT molecular complexity index is 988. The second-order valence-electron chi connectivity index (χ2n) is 7.63. The number of nitrogens with one attached hydrogen (secondary N) is 1. The molecule has 1 aromatic carbocycles. The molecule has 1 aliphatic carbocycles. The normalized spacial score (nSPS) is 15.7. The molecule has 7 heteroatoms. The maximum absolute atomic E-state index is 12.1. The molecule has 0 atom stereocenters. The molecule has 2 aliphatic rings. The van der Waals surface area contributed by atoms with E-state index in [4.69, 9.17) is 14.2 Å². The van der Waals surface area contributed by atoms with Gasteiger partial charge in [-0.2, -0.15) is 0 Å². The number of hydrogen-bond donors (Lipinski definition) is 1. The summed E-state index contributed by atoms with van der Waals surface area (Å²) in [5.74, 6) is 0.273. The van der Waals surface area contributed by atoms with Gasteiger partial charge in [0.2, 0.25) is 0 Å². The van der Waals surface area contributed by atoms with Crippen molar-refractivity contribution in [2.45, 2.75) is 39.2 Å². The third-order valence-electron chi connectivity index (χ3n) is 5.21. The molecule has 7 nitrogen and oxygen atoms in total. The van der Waals surface area contributed by atoms with Crippen molar-refractivity contribution in [3.05, 3.63) is 47.3 Å². The van der Waals surface area contributed by atoms with Crippen LogP contribution in [-0.2, 0) is 14.3 Å². The minimum absolute atomic E-state index is 0.362.